The van der Waals surface area contributed by atoms with Crippen LogP contribution < -0.4 is 0 Å². The van der Waals surface area contributed by atoms with E-state index in [4.69, 9.17) is 5.26 Å². The van der Waals surface area contributed by atoms with Gasteiger partial charge in [0.25, 0.3) is 0 Å². The molecule has 2 heteroatoms. The van der Waals surface area contributed by atoms with Crippen molar-refractivity contribution in [3.63, 3.8) is 0 Å². The number of benzene rings is 1. The van der Waals surface area contributed by atoms with Crippen molar-refractivity contribution in [3.8, 4) is 6.07 Å². The Morgan fingerprint density at radius 3 is 2.47 bits per heavy atom. The SMILES string of the molecule is CC1(C)CC(=O)C[C@H](c2ccc(C#N)cc2)C1. The summed E-state index contributed by atoms with van der Waals surface area (Å²) in [7, 11) is 0. The van der Waals surface area contributed by atoms with Crippen LogP contribution in [0.1, 0.15) is 50.2 Å². The summed E-state index contributed by atoms with van der Waals surface area (Å²) in [4.78, 5) is 11.7. The van der Waals surface area contributed by atoms with Gasteiger partial charge in [0.15, 0.2) is 0 Å². The zero-order chi connectivity index (χ0) is 12.5. The molecule has 0 amide bonds. The van der Waals surface area contributed by atoms with Crippen molar-refractivity contribution in [2.24, 2.45) is 5.41 Å². The van der Waals surface area contributed by atoms with Crippen molar-refractivity contribution in [1.82, 2.24) is 0 Å². The number of carbonyl (C=O) groups excluding carboxylic acids is 1. The summed E-state index contributed by atoms with van der Waals surface area (Å²) in [5.74, 6) is 0.676. The second kappa shape index (κ2) is 4.33. The number of hydrogen-bond acceptors (Lipinski definition) is 2. The van der Waals surface area contributed by atoms with Gasteiger partial charge in [-0.25, -0.2) is 0 Å². The quantitative estimate of drug-likeness (QED) is 0.737. The molecule has 0 aromatic heterocycles. The van der Waals surface area contributed by atoms with Crippen LogP contribution in [-0.2, 0) is 4.79 Å². The molecule has 2 rings (SSSR count). The van der Waals surface area contributed by atoms with E-state index in [1.807, 2.05) is 24.3 Å². The van der Waals surface area contributed by atoms with Crippen LogP contribution in [-0.4, -0.2) is 5.78 Å². The molecule has 1 fully saturated rings. The van der Waals surface area contributed by atoms with E-state index in [0.717, 1.165) is 6.42 Å². The third-order valence-corrected chi connectivity index (χ3v) is 3.46. The van der Waals surface area contributed by atoms with Crippen molar-refractivity contribution in [3.05, 3.63) is 35.4 Å². The van der Waals surface area contributed by atoms with Crippen LogP contribution in [0, 0.1) is 16.7 Å². The molecule has 0 aliphatic heterocycles. The molecule has 0 spiro atoms. The second-order valence-electron chi connectivity index (χ2n) is 5.72. The molecule has 88 valence electrons. The van der Waals surface area contributed by atoms with Crippen molar-refractivity contribution in [2.45, 2.75) is 39.0 Å². The number of nitrogens with zero attached hydrogens (tertiary/aromatic N) is 1. The van der Waals surface area contributed by atoms with Gasteiger partial charge in [-0.3, -0.25) is 4.79 Å². The van der Waals surface area contributed by atoms with Crippen LogP contribution in [0.4, 0.5) is 0 Å². The Morgan fingerprint density at radius 2 is 1.94 bits per heavy atom. The van der Waals surface area contributed by atoms with Crippen molar-refractivity contribution in [2.75, 3.05) is 0 Å². The van der Waals surface area contributed by atoms with Gasteiger partial charge in [-0.05, 0) is 35.4 Å². The molecule has 17 heavy (non-hydrogen) atoms. The predicted molar refractivity (Wildman–Crippen MR) is 66.5 cm³/mol. The third kappa shape index (κ3) is 2.74. The van der Waals surface area contributed by atoms with Gasteiger partial charge >= 0.3 is 0 Å². The molecule has 1 aromatic rings. The number of carbonyl (C=O) groups is 1. The van der Waals surface area contributed by atoms with Gasteiger partial charge in [0.05, 0.1) is 11.6 Å². The van der Waals surface area contributed by atoms with Crippen LogP contribution in [0.3, 0.4) is 0 Å². The number of hydrogen-bond donors (Lipinski definition) is 0. The largest absolute Gasteiger partial charge is 0.300 e. The molecule has 1 aliphatic carbocycles. The maximum absolute atomic E-state index is 11.7. The minimum atomic E-state index is 0.105. The first kappa shape index (κ1) is 11.9. The number of nitriles is 1. The topological polar surface area (TPSA) is 40.9 Å². The van der Waals surface area contributed by atoms with Crippen LogP contribution in [0.15, 0.2) is 24.3 Å². The highest BCUT2D eigenvalue weighted by Crippen LogP contribution is 2.41. The first-order valence-corrected chi connectivity index (χ1v) is 6.02. The standard InChI is InChI=1S/C15H17NO/c1-15(2)8-13(7-14(17)9-15)12-5-3-11(10-16)4-6-12/h3-6,13H,7-9H2,1-2H3/t13-/m0/s1. The second-order valence-corrected chi connectivity index (χ2v) is 5.72. The zero-order valence-corrected chi connectivity index (χ0v) is 10.4. The van der Waals surface area contributed by atoms with E-state index < -0.39 is 0 Å². The number of rotatable bonds is 1. The molecule has 0 unspecified atom stereocenters. The van der Waals surface area contributed by atoms with Crippen LogP contribution in [0.5, 0.6) is 0 Å². The van der Waals surface area contributed by atoms with E-state index >= 15 is 0 Å². The Labute approximate surface area is 102 Å². The average molecular weight is 227 g/mol. The van der Waals surface area contributed by atoms with Gasteiger partial charge < -0.3 is 0 Å². The molecule has 1 aliphatic rings. The van der Waals surface area contributed by atoms with E-state index in [1.165, 1.54) is 5.56 Å². The Balaban J connectivity index is 2.21. The molecule has 0 heterocycles. The van der Waals surface area contributed by atoms with Gasteiger partial charge in [-0.15, -0.1) is 0 Å². The molecule has 1 aromatic carbocycles. The molecule has 0 N–H and O–H groups in total. The monoisotopic (exact) mass is 227 g/mol. The summed E-state index contributed by atoms with van der Waals surface area (Å²) in [5, 5.41) is 8.76. The number of Topliss-reactive ketones (excluding diaryl/α,β-unsaturated/α-hetero) is 1. The Hall–Kier alpha value is -1.62. The molecule has 1 saturated carbocycles. The maximum atomic E-state index is 11.7. The number of ketones is 1. The zero-order valence-electron chi connectivity index (χ0n) is 10.4. The van der Waals surface area contributed by atoms with E-state index in [9.17, 15) is 4.79 Å². The summed E-state index contributed by atoms with van der Waals surface area (Å²) in [6.45, 7) is 4.31. The summed E-state index contributed by atoms with van der Waals surface area (Å²) in [6.07, 6.45) is 2.39. The maximum Gasteiger partial charge on any atom is 0.134 e. The molecule has 1 atom stereocenters. The van der Waals surface area contributed by atoms with Crippen LogP contribution in [0.25, 0.3) is 0 Å². The highest BCUT2D eigenvalue weighted by Gasteiger charge is 2.33. The molecular weight excluding hydrogens is 210 g/mol. The highest BCUT2D eigenvalue weighted by atomic mass is 16.1. The van der Waals surface area contributed by atoms with Crippen molar-refractivity contribution < 1.29 is 4.79 Å². The van der Waals surface area contributed by atoms with Gasteiger partial charge in [0.2, 0.25) is 0 Å². The Morgan fingerprint density at radius 1 is 1.29 bits per heavy atom. The van der Waals surface area contributed by atoms with E-state index in [1.54, 1.807) is 0 Å². The summed E-state index contributed by atoms with van der Waals surface area (Å²) in [5.41, 5.74) is 1.97. The van der Waals surface area contributed by atoms with E-state index in [0.29, 0.717) is 30.1 Å². The first-order valence-electron chi connectivity index (χ1n) is 6.02. The Bertz CT molecular complexity index is 465. The lowest BCUT2D eigenvalue weighted by Crippen LogP contribution is -2.27. The van der Waals surface area contributed by atoms with Crippen molar-refractivity contribution >= 4 is 5.78 Å². The average Bonchev–Trinajstić information content (AvgIpc) is 2.26. The molecule has 0 saturated heterocycles. The minimum Gasteiger partial charge on any atom is -0.300 e. The third-order valence-electron chi connectivity index (χ3n) is 3.46. The van der Waals surface area contributed by atoms with Gasteiger partial charge in [0, 0.05) is 12.8 Å². The predicted octanol–water partition coefficient (Wildman–Crippen LogP) is 3.42. The van der Waals surface area contributed by atoms with Gasteiger partial charge in [-0.1, -0.05) is 26.0 Å². The van der Waals surface area contributed by atoms with Crippen molar-refractivity contribution in [1.29, 1.82) is 5.26 Å². The smallest absolute Gasteiger partial charge is 0.134 e. The Kier molecular flexibility index (Phi) is 3.02. The van der Waals surface area contributed by atoms with Gasteiger partial charge in [-0.2, -0.15) is 5.26 Å². The lowest BCUT2D eigenvalue weighted by atomic mass is 9.69. The first-order chi connectivity index (χ1) is 8.00. The van der Waals surface area contributed by atoms with Crippen LogP contribution >= 0.6 is 0 Å². The fourth-order valence-corrected chi connectivity index (χ4v) is 2.76. The van der Waals surface area contributed by atoms with E-state index in [2.05, 4.69) is 19.9 Å². The summed E-state index contributed by atoms with van der Waals surface area (Å²) in [6, 6.07) is 9.75. The fraction of sp³-hybridized carbons (Fsp3) is 0.467. The molecule has 2 nitrogen and oxygen atoms in total. The van der Waals surface area contributed by atoms with Crippen LogP contribution in [0.2, 0.25) is 0 Å². The highest BCUT2D eigenvalue weighted by molar-refractivity contribution is 5.81. The van der Waals surface area contributed by atoms with E-state index in [-0.39, 0.29) is 5.41 Å². The summed E-state index contributed by atoms with van der Waals surface area (Å²) >= 11 is 0. The minimum absolute atomic E-state index is 0.105. The molecule has 0 radical (unpaired) electrons. The fourth-order valence-electron chi connectivity index (χ4n) is 2.76. The normalized spacial score (nSPS) is 23.1. The summed E-state index contributed by atoms with van der Waals surface area (Å²) < 4.78 is 0. The van der Waals surface area contributed by atoms with Gasteiger partial charge in [0.1, 0.15) is 5.78 Å². The molecular formula is C15H17NO. The lowest BCUT2D eigenvalue weighted by molar-refractivity contribution is -0.123. The lowest BCUT2D eigenvalue weighted by Gasteiger charge is -2.34. The molecule has 0 bridgehead atoms.